The number of nitrogens with one attached hydrogen (secondary N) is 1. The first-order chi connectivity index (χ1) is 12.0. The molecule has 6 nitrogen and oxygen atoms in total. The molecule has 1 N–H and O–H groups in total. The van der Waals surface area contributed by atoms with Crippen LogP contribution in [0, 0.1) is 0 Å². The van der Waals surface area contributed by atoms with Crippen molar-refractivity contribution in [1.29, 1.82) is 0 Å². The van der Waals surface area contributed by atoms with Gasteiger partial charge < -0.3 is 14.6 Å². The summed E-state index contributed by atoms with van der Waals surface area (Å²) in [6, 6.07) is 15.5. The molecule has 0 aliphatic rings. The van der Waals surface area contributed by atoms with Gasteiger partial charge in [0.05, 0.1) is 10.7 Å². The molecule has 3 aromatic rings. The number of benzene rings is 2. The lowest BCUT2D eigenvalue weighted by Gasteiger charge is -2.07. The van der Waals surface area contributed by atoms with E-state index in [1.165, 1.54) is 6.92 Å². The number of fused-ring (bicyclic) bond motifs is 1. The van der Waals surface area contributed by atoms with E-state index in [0.29, 0.717) is 21.7 Å². The number of hydrogen-bond acceptors (Lipinski definition) is 5. The summed E-state index contributed by atoms with van der Waals surface area (Å²) in [5, 5.41) is 7.42. The van der Waals surface area contributed by atoms with Gasteiger partial charge in [-0.15, -0.1) is 0 Å². The minimum absolute atomic E-state index is 0.111. The van der Waals surface area contributed by atoms with Crippen LogP contribution in [-0.2, 0) is 9.63 Å². The molecule has 0 atom stereocenters. The first-order valence-corrected chi connectivity index (χ1v) is 7.73. The molecule has 0 saturated carbocycles. The molecule has 126 valence electrons. The summed E-state index contributed by atoms with van der Waals surface area (Å²) < 4.78 is 5.59. The number of anilines is 1. The van der Waals surface area contributed by atoms with Gasteiger partial charge in [-0.3, -0.25) is 4.79 Å². The summed E-state index contributed by atoms with van der Waals surface area (Å²) in [5.41, 5.74) is 0.946. The Balaban J connectivity index is 2.07. The first kappa shape index (κ1) is 16.7. The highest BCUT2D eigenvalue weighted by atomic mass is 35.5. The standard InChI is InChI=1S/C18H13ClN2O4/c1-11(22)25-21-18-13(10-12-6-2-5-9-16(12)24-18)17(23)20-15-8-4-3-7-14(15)19/h2-10H,1H3,(H,20,23)/b21-18-. The van der Waals surface area contributed by atoms with Crippen LogP contribution in [0.1, 0.15) is 17.3 Å². The van der Waals surface area contributed by atoms with Crippen LogP contribution in [0.3, 0.4) is 0 Å². The lowest BCUT2D eigenvalue weighted by Crippen LogP contribution is -2.22. The fraction of sp³-hybridized carbons (Fsp3) is 0.0556. The maximum absolute atomic E-state index is 12.6. The molecule has 0 aliphatic heterocycles. The molecule has 0 radical (unpaired) electrons. The fourth-order valence-electron chi connectivity index (χ4n) is 2.16. The highest BCUT2D eigenvalue weighted by Gasteiger charge is 2.14. The maximum Gasteiger partial charge on any atom is 0.332 e. The number of halogens is 1. The Kier molecular flexibility index (Phi) is 4.81. The van der Waals surface area contributed by atoms with Crippen molar-refractivity contribution in [1.82, 2.24) is 0 Å². The van der Waals surface area contributed by atoms with Gasteiger partial charge in [0.2, 0.25) is 0 Å². The van der Waals surface area contributed by atoms with Crippen molar-refractivity contribution in [2.45, 2.75) is 6.92 Å². The summed E-state index contributed by atoms with van der Waals surface area (Å²) >= 11 is 6.06. The van der Waals surface area contributed by atoms with Crippen molar-refractivity contribution in [3.63, 3.8) is 0 Å². The molecule has 0 saturated heterocycles. The molecule has 0 fully saturated rings. The van der Waals surface area contributed by atoms with Crippen LogP contribution in [0.15, 0.2) is 64.2 Å². The van der Waals surface area contributed by atoms with Gasteiger partial charge in [-0.1, -0.05) is 41.9 Å². The summed E-state index contributed by atoms with van der Waals surface area (Å²) in [6.07, 6.45) is 0. The van der Waals surface area contributed by atoms with E-state index < -0.39 is 11.9 Å². The Morgan fingerprint density at radius 1 is 1.12 bits per heavy atom. The molecule has 1 amide bonds. The minimum Gasteiger partial charge on any atom is -0.435 e. The number of carbonyl (C=O) groups excluding carboxylic acids is 2. The van der Waals surface area contributed by atoms with Crippen molar-refractivity contribution in [2.24, 2.45) is 5.16 Å². The van der Waals surface area contributed by atoms with Gasteiger partial charge in [0.15, 0.2) is 0 Å². The van der Waals surface area contributed by atoms with Crippen molar-refractivity contribution in [2.75, 3.05) is 5.32 Å². The summed E-state index contributed by atoms with van der Waals surface area (Å²) in [6.45, 7) is 1.20. The zero-order chi connectivity index (χ0) is 17.8. The van der Waals surface area contributed by atoms with Crippen LogP contribution >= 0.6 is 11.6 Å². The zero-order valence-electron chi connectivity index (χ0n) is 13.2. The predicted molar refractivity (Wildman–Crippen MR) is 92.9 cm³/mol. The predicted octanol–water partition coefficient (Wildman–Crippen LogP) is 3.72. The second-order valence-electron chi connectivity index (χ2n) is 5.11. The van der Waals surface area contributed by atoms with Crippen LogP contribution in [0.4, 0.5) is 5.69 Å². The smallest absolute Gasteiger partial charge is 0.332 e. The average Bonchev–Trinajstić information content (AvgIpc) is 2.61. The zero-order valence-corrected chi connectivity index (χ0v) is 13.9. The first-order valence-electron chi connectivity index (χ1n) is 7.35. The lowest BCUT2D eigenvalue weighted by atomic mass is 10.1. The van der Waals surface area contributed by atoms with Crippen molar-refractivity contribution >= 4 is 40.1 Å². The van der Waals surface area contributed by atoms with Crippen molar-refractivity contribution < 1.29 is 18.8 Å². The molecule has 0 unspecified atom stereocenters. The van der Waals surface area contributed by atoms with E-state index in [1.54, 1.807) is 48.5 Å². The Morgan fingerprint density at radius 3 is 2.60 bits per heavy atom. The molecular formula is C18H13ClN2O4. The number of para-hydroxylation sites is 2. The SMILES string of the molecule is CC(=O)O/N=c1\oc2ccccc2cc1C(=O)Nc1ccccc1Cl. The second kappa shape index (κ2) is 7.19. The van der Waals surface area contributed by atoms with Crippen molar-refractivity contribution in [3.05, 3.63) is 70.7 Å². The largest absolute Gasteiger partial charge is 0.435 e. The molecular weight excluding hydrogens is 344 g/mol. The molecule has 3 rings (SSSR count). The van der Waals surface area contributed by atoms with Gasteiger partial charge in [-0.2, -0.15) is 0 Å². The van der Waals surface area contributed by atoms with Gasteiger partial charge in [-0.05, 0) is 29.4 Å². The molecule has 0 bridgehead atoms. The van der Waals surface area contributed by atoms with Gasteiger partial charge in [0, 0.05) is 12.3 Å². The van der Waals surface area contributed by atoms with Gasteiger partial charge in [0.25, 0.3) is 11.5 Å². The molecule has 0 spiro atoms. The number of rotatable bonds is 3. The fourth-order valence-corrected chi connectivity index (χ4v) is 2.34. The summed E-state index contributed by atoms with van der Waals surface area (Å²) in [4.78, 5) is 28.3. The topological polar surface area (TPSA) is 80.9 Å². The molecule has 7 heteroatoms. The highest BCUT2D eigenvalue weighted by Crippen LogP contribution is 2.21. The Labute approximate surface area is 147 Å². The van der Waals surface area contributed by atoms with E-state index in [9.17, 15) is 9.59 Å². The average molecular weight is 357 g/mol. The monoisotopic (exact) mass is 356 g/mol. The Hall–Kier alpha value is -3.12. The van der Waals surface area contributed by atoms with Crippen LogP contribution in [0.25, 0.3) is 11.0 Å². The summed E-state index contributed by atoms with van der Waals surface area (Å²) in [5.74, 6) is -1.12. The van der Waals surface area contributed by atoms with Gasteiger partial charge in [0.1, 0.15) is 11.1 Å². The molecule has 25 heavy (non-hydrogen) atoms. The third-order valence-electron chi connectivity index (χ3n) is 3.28. The van der Waals surface area contributed by atoms with E-state index in [-0.39, 0.29) is 11.1 Å². The Morgan fingerprint density at radius 2 is 1.84 bits per heavy atom. The van der Waals surface area contributed by atoms with Crippen LogP contribution < -0.4 is 10.9 Å². The number of carbonyl (C=O) groups is 2. The van der Waals surface area contributed by atoms with Crippen molar-refractivity contribution in [3.8, 4) is 0 Å². The number of nitrogens with zero attached hydrogens (tertiary/aromatic N) is 1. The normalized spacial score (nSPS) is 11.4. The van der Waals surface area contributed by atoms with Crippen LogP contribution in [0.5, 0.6) is 0 Å². The molecule has 2 aromatic carbocycles. The molecule has 1 aromatic heterocycles. The van der Waals surface area contributed by atoms with E-state index in [1.807, 2.05) is 6.07 Å². The lowest BCUT2D eigenvalue weighted by molar-refractivity contribution is -0.141. The van der Waals surface area contributed by atoms with Crippen LogP contribution in [-0.4, -0.2) is 11.9 Å². The highest BCUT2D eigenvalue weighted by molar-refractivity contribution is 6.33. The van der Waals surface area contributed by atoms with E-state index in [2.05, 4.69) is 15.3 Å². The third kappa shape index (κ3) is 3.87. The second-order valence-corrected chi connectivity index (χ2v) is 5.52. The van der Waals surface area contributed by atoms with Crippen LogP contribution in [0.2, 0.25) is 5.02 Å². The quantitative estimate of drug-likeness (QED) is 0.573. The van der Waals surface area contributed by atoms with E-state index >= 15 is 0 Å². The van der Waals surface area contributed by atoms with E-state index in [4.69, 9.17) is 16.0 Å². The van der Waals surface area contributed by atoms with Gasteiger partial charge >= 0.3 is 5.97 Å². The number of amides is 1. The third-order valence-corrected chi connectivity index (χ3v) is 3.61. The maximum atomic E-state index is 12.6. The molecule has 1 heterocycles. The number of hydrogen-bond donors (Lipinski definition) is 1. The Bertz CT molecular complexity index is 1030. The molecule has 0 aliphatic carbocycles. The van der Waals surface area contributed by atoms with E-state index in [0.717, 1.165) is 0 Å². The summed E-state index contributed by atoms with van der Waals surface area (Å²) in [7, 11) is 0. The minimum atomic E-state index is -0.624. The van der Waals surface area contributed by atoms with Gasteiger partial charge in [-0.25, -0.2) is 4.79 Å².